The van der Waals surface area contributed by atoms with Gasteiger partial charge >= 0.3 is 0 Å². The van der Waals surface area contributed by atoms with Crippen molar-refractivity contribution < 1.29 is 13.2 Å². The van der Waals surface area contributed by atoms with E-state index in [0.717, 1.165) is 5.56 Å². The van der Waals surface area contributed by atoms with Gasteiger partial charge in [0, 0.05) is 6.54 Å². The SMILES string of the molecule is CCN(c1cccc(C)c1)S(=O)(=O)c1ccc(Oc2cccc(Cl)c2C#N)cc1. The number of aryl methyl sites for hydroxylation is 1. The lowest BCUT2D eigenvalue weighted by atomic mass is 10.2. The zero-order valence-electron chi connectivity index (χ0n) is 16.0. The first-order valence-corrected chi connectivity index (χ1v) is 10.7. The van der Waals surface area contributed by atoms with Crippen LogP contribution in [0.4, 0.5) is 5.69 Å². The van der Waals surface area contributed by atoms with Crippen molar-refractivity contribution >= 4 is 27.3 Å². The molecule has 3 aromatic rings. The van der Waals surface area contributed by atoms with Gasteiger partial charge in [0.1, 0.15) is 23.1 Å². The van der Waals surface area contributed by atoms with E-state index in [1.54, 1.807) is 43.3 Å². The van der Waals surface area contributed by atoms with Crippen molar-refractivity contribution in [2.45, 2.75) is 18.7 Å². The fourth-order valence-electron chi connectivity index (χ4n) is 2.91. The average Bonchev–Trinajstić information content (AvgIpc) is 2.69. The first-order chi connectivity index (χ1) is 13.9. The van der Waals surface area contributed by atoms with Gasteiger partial charge in [0.2, 0.25) is 0 Å². The molecule has 0 saturated carbocycles. The van der Waals surface area contributed by atoms with Crippen molar-refractivity contribution in [2.75, 3.05) is 10.8 Å². The molecule has 0 fully saturated rings. The highest BCUT2D eigenvalue weighted by Gasteiger charge is 2.23. The van der Waals surface area contributed by atoms with E-state index in [0.29, 0.717) is 28.8 Å². The van der Waals surface area contributed by atoms with Gasteiger partial charge in [-0.15, -0.1) is 0 Å². The minimum atomic E-state index is -3.73. The second kappa shape index (κ2) is 8.56. The summed E-state index contributed by atoms with van der Waals surface area (Å²) in [6, 6.07) is 20.4. The van der Waals surface area contributed by atoms with Crippen LogP contribution in [-0.2, 0) is 10.0 Å². The van der Waals surface area contributed by atoms with Gasteiger partial charge in [-0.3, -0.25) is 4.31 Å². The molecule has 148 valence electrons. The summed E-state index contributed by atoms with van der Waals surface area (Å²) in [4.78, 5) is 0.153. The van der Waals surface area contributed by atoms with Crippen LogP contribution in [0.3, 0.4) is 0 Å². The molecule has 29 heavy (non-hydrogen) atoms. The highest BCUT2D eigenvalue weighted by atomic mass is 35.5. The highest BCUT2D eigenvalue weighted by molar-refractivity contribution is 7.92. The Morgan fingerprint density at radius 1 is 1.07 bits per heavy atom. The predicted molar refractivity (Wildman–Crippen MR) is 114 cm³/mol. The van der Waals surface area contributed by atoms with Gasteiger partial charge in [-0.1, -0.05) is 29.8 Å². The number of benzene rings is 3. The summed E-state index contributed by atoms with van der Waals surface area (Å²) in [6.45, 7) is 4.01. The van der Waals surface area contributed by atoms with Gasteiger partial charge in [0.15, 0.2) is 0 Å². The largest absolute Gasteiger partial charge is 0.456 e. The van der Waals surface area contributed by atoms with Crippen molar-refractivity contribution in [1.29, 1.82) is 5.26 Å². The molecule has 0 aliphatic rings. The van der Waals surface area contributed by atoms with E-state index in [-0.39, 0.29) is 10.5 Å². The van der Waals surface area contributed by atoms with E-state index in [2.05, 4.69) is 0 Å². The average molecular weight is 427 g/mol. The van der Waals surface area contributed by atoms with Gasteiger partial charge in [-0.2, -0.15) is 5.26 Å². The summed E-state index contributed by atoms with van der Waals surface area (Å²) in [7, 11) is -3.73. The van der Waals surface area contributed by atoms with E-state index in [1.807, 2.05) is 31.2 Å². The molecule has 0 saturated heterocycles. The lowest BCUT2D eigenvalue weighted by Gasteiger charge is -2.23. The maximum Gasteiger partial charge on any atom is 0.264 e. The van der Waals surface area contributed by atoms with E-state index in [4.69, 9.17) is 16.3 Å². The van der Waals surface area contributed by atoms with Crippen LogP contribution in [-0.4, -0.2) is 15.0 Å². The Morgan fingerprint density at radius 2 is 1.76 bits per heavy atom. The fraction of sp³-hybridized carbons (Fsp3) is 0.136. The molecule has 0 bridgehead atoms. The standard InChI is InChI=1S/C22H19ClN2O3S/c1-3-25(17-7-4-6-16(2)14-17)29(26,27)19-12-10-18(11-13-19)28-22-9-5-8-21(23)20(22)15-24/h4-14H,3H2,1-2H3. The monoisotopic (exact) mass is 426 g/mol. The lowest BCUT2D eigenvalue weighted by Crippen LogP contribution is -2.30. The molecule has 5 nitrogen and oxygen atoms in total. The van der Waals surface area contributed by atoms with Crippen LogP contribution in [0.1, 0.15) is 18.1 Å². The maximum atomic E-state index is 13.1. The number of nitriles is 1. The molecule has 3 rings (SSSR count). The highest BCUT2D eigenvalue weighted by Crippen LogP contribution is 2.31. The number of hydrogen-bond donors (Lipinski definition) is 0. The Labute approximate surface area is 175 Å². The van der Waals surface area contributed by atoms with Crippen molar-refractivity contribution in [3.05, 3.63) is 82.9 Å². The van der Waals surface area contributed by atoms with E-state index >= 15 is 0 Å². The number of rotatable bonds is 6. The Morgan fingerprint density at radius 3 is 2.38 bits per heavy atom. The molecule has 0 aliphatic heterocycles. The van der Waals surface area contributed by atoms with Gasteiger partial charge in [-0.05, 0) is 67.9 Å². The molecule has 0 spiro atoms. The second-order valence-corrected chi connectivity index (χ2v) is 8.58. The molecule has 7 heteroatoms. The summed E-state index contributed by atoms with van der Waals surface area (Å²) < 4.78 is 33.3. The Kier molecular flexibility index (Phi) is 6.12. The molecule has 0 amide bonds. The molecule has 0 aliphatic carbocycles. The molecular weight excluding hydrogens is 408 g/mol. The molecule has 0 unspecified atom stereocenters. The number of hydrogen-bond acceptors (Lipinski definition) is 4. The van der Waals surface area contributed by atoms with E-state index < -0.39 is 10.0 Å². The number of ether oxygens (including phenoxy) is 1. The fourth-order valence-corrected chi connectivity index (χ4v) is 4.58. The van der Waals surface area contributed by atoms with Crippen LogP contribution in [0.25, 0.3) is 0 Å². The summed E-state index contributed by atoms with van der Waals surface area (Å²) in [5, 5.41) is 9.54. The van der Waals surface area contributed by atoms with Crippen LogP contribution in [0.5, 0.6) is 11.5 Å². The summed E-state index contributed by atoms with van der Waals surface area (Å²) in [5.74, 6) is 0.715. The molecule has 0 radical (unpaired) electrons. The van der Waals surface area contributed by atoms with Crippen molar-refractivity contribution in [3.63, 3.8) is 0 Å². The molecular formula is C22H19ClN2O3S. The first-order valence-electron chi connectivity index (χ1n) is 8.92. The Balaban J connectivity index is 1.89. The van der Waals surface area contributed by atoms with Crippen LogP contribution in [0.2, 0.25) is 5.02 Å². The summed E-state index contributed by atoms with van der Waals surface area (Å²) >= 11 is 6.01. The molecule has 0 aromatic heterocycles. The number of nitrogens with zero attached hydrogens (tertiary/aromatic N) is 2. The predicted octanol–water partition coefficient (Wildman–Crippen LogP) is 5.53. The molecule has 3 aromatic carbocycles. The van der Waals surface area contributed by atoms with E-state index in [1.165, 1.54) is 16.4 Å². The number of halogens is 1. The second-order valence-electron chi connectivity index (χ2n) is 6.31. The van der Waals surface area contributed by atoms with Gasteiger partial charge in [0.05, 0.1) is 15.6 Å². The summed E-state index contributed by atoms with van der Waals surface area (Å²) in [5.41, 5.74) is 1.82. The smallest absolute Gasteiger partial charge is 0.264 e. The molecule has 0 N–H and O–H groups in total. The molecule has 0 atom stereocenters. The van der Waals surface area contributed by atoms with Crippen molar-refractivity contribution in [2.24, 2.45) is 0 Å². The zero-order chi connectivity index (χ0) is 21.0. The third kappa shape index (κ3) is 4.37. The van der Waals surface area contributed by atoms with Gasteiger partial charge in [-0.25, -0.2) is 8.42 Å². The quantitative estimate of drug-likeness (QED) is 0.519. The van der Waals surface area contributed by atoms with Crippen LogP contribution in [0.15, 0.2) is 71.6 Å². The van der Waals surface area contributed by atoms with Gasteiger partial charge in [0.25, 0.3) is 10.0 Å². The van der Waals surface area contributed by atoms with Crippen LogP contribution < -0.4 is 9.04 Å². The van der Waals surface area contributed by atoms with E-state index in [9.17, 15) is 13.7 Å². The Hall–Kier alpha value is -3.01. The summed E-state index contributed by atoms with van der Waals surface area (Å²) in [6.07, 6.45) is 0. The number of sulfonamides is 1. The normalized spacial score (nSPS) is 11.0. The third-order valence-corrected chi connectivity index (χ3v) is 6.54. The lowest BCUT2D eigenvalue weighted by molar-refractivity contribution is 0.480. The molecule has 0 heterocycles. The third-order valence-electron chi connectivity index (χ3n) is 4.30. The van der Waals surface area contributed by atoms with Crippen molar-refractivity contribution in [3.8, 4) is 17.6 Å². The van der Waals surface area contributed by atoms with Crippen molar-refractivity contribution in [1.82, 2.24) is 0 Å². The van der Waals surface area contributed by atoms with Crippen LogP contribution in [0, 0.1) is 18.3 Å². The topological polar surface area (TPSA) is 70.4 Å². The maximum absolute atomic E-state index is 13.1. The Bertz CT molecular complexity index is 1170. The van der Waals surface area contributed by atoms with Gasteiger partial charge < -0.3 is 4.74 Å². The zero-order valence-corrected chi connectivity index (χ0v) is 17.5. The minimum absolute atomic E-state index is 0.153. The minimum Gasteiger partial charge on any atom is -0.456 e. The number of anilines is 1. The first kappa shape index (κ1) is 20.7. The van der Waals surface area contributed by atoms with Crippen LogP contribution >= 0.6 is 11.6 Å².